The van der Waals surface area contributed by atoms with Crippen LogP contribution in [0.4, 0.5) is 5.88 Å². The fraction of sp³-hybridized carbons (Fsp3) is 0.415. The Balaban J connectivity index is 0.00000269. The maximum absolute atomic E-state index is 13.4. The quantitative estimate of drug-likeness (QED) is 0.0181. The van der Waals surface area contributed by atoms with Crippen LogP contribution in [0.25, 0.3) is 22.1 Å². The number of fused-ring (bicyclic) bond motifs is 1. The van der Waals surface area contributed by atoms with Gasteiger partial charge in [-0.25, -0.2) is 9.28 Å². The minimum Gasteiger partial charge on any atom is -0.481 e. The van der Waals surface area contributed by atoms with Crippen molar-refractivity contribution in [2.75, 3.05) is 52.7 Å². The van der Waals surface area contributed by atoms with E-state index < -0.39 is 98.0 Å². The molecule has 0 aliphatic carbocycles. The molecule has 12 N–H and O–H groups in total. The van der Waals surface area contributed by atoms with Gasteiger partial charge in [0.2, 0.25) is 30.4 Å². The van der Waals surface area contributed by atoms with E-state index in [0.717, 1.165) is 12.5 Å². The number of nitrogens with one attached hydrogen (secondary N) is 6. The predicted molar refractivity (Wildman–Crippen MR) is 229 cm³/mol. The van der Waals surface area contributed by atoms with Gasteiger partial charge in [-0.05, 0) is 24.5 Å². The predicted octanol–water partition coefficient (Wildman–Crippen LogP) is -1.45. The number of aliphatic hydroxyl groups excluding tert-OH is 1. The summed E-state index contributed by atoms with van der Waals surface area (Å²) in [6.07, 6.45) is -1.62. The fourth-order valence-corrected chi connectivity index (χ4v) is 6.27. The lowest BCUT2D eigenvalue weighted by Crippen LogP contribution is -2.58. The minimum absolute atomic E-state index is 0.0310. The summed E-state index contributed by atoms with van der Waals surface area (Å²) >= 11 is 0. The third-order valence-corrected chi connectivity index (χ3v) is 9.54. The van der Waals surface area contributed by atoms with Crippen molar-refractivity contribution in [1.82, 2.24) is 31.1 Å². The van der Waals surface area contributed by atoms with Crippen LogP contribution in [-0.2, 0) is 47.8 Å². The van der Waals surface area contributed by atoms with Crippen molar-refractivity contribution < 1.29 is 72.7 Å². The van der Waals surface area contributed by atoms with Crippen LogP contribution < -0.4 is 42.2 Å². The monoisotopic (exact) mass is 913 g/mol. The second kappa shape index (κ2) is 25.6. The number of hydrogen-bond donors (Lipinski definition) is 11. The van der Waals surface area contributed by atoms with Crippen LogP contribution in [0.1, 0.15) is 39.0 Å². The molecule has 3 aromatic rings. The molecule has 1 aliphatic rings. The lowest BCUT2D eigenvalue weighted by atomic mass is 10.0. The number of carbonyl (C=O) groups is 8. The number of nitrogens with two attached hydrogens (primary N) is 1. The van der Waals surface area contributed by atoms with Crippen molar-refractivity contribution in [2.24, 2.45) is 5.73 Å². The molecule has 0 bridgehead atoms. The van der Waals surface area contributed by atoms with Gasteiger partial charge in [0, 0.05) is 25.5 Å². The average Bonchev–Trinajstić information content (AvgIpc) is 3.26. The highest BCUT2D eigenvalue weighted by atomic mass is 16.6. The normalized spacial score (nSPS) is 14.1. The molecule has 3 atom stereocenters. The van der Waals surface area contributed by atoms with E-state index in [1.165, 1.54) is 6.07 Å². The number of para-hydroxylation sites is 1. The molecule has 65 heavy (non-hydrogen) atoms. The van der Waals surface area contributed by atoms with Crippen LogP contribution in [0.15, 0.2) is 63.8 Å². The second-order valence-corrected chi connectivity index (χ2v) is 14.5. The van der Waals surface area contributed by atoms with Gasteiger partial charge >= 0.3 is 23.8 Å². The van der Waals surface area contributed by atoms with Crippen molar-refractivity contribution in [3.63, 3.8) is 0 Å². The van der Waals surface area contributed by atoms with Gasteiger partial charge in [0.05, 0.1) is 50.7 Å². The smallest absolute Gasteiger partial charge is 0.328 e. The lowest BCUT2D eigenvalue weighted by Gasteiger charge is -2.37. The van der Waals surface area contributed by atoms with Gasteiger partial charge in [0.25, 0.3) is 5.97 Å². The van der Waals surface area contributed by atoms with E-state index in [9.17, 15) is 48.6 Å². The van der Waals surface area contributed by atoms with Crippen molar-refractivity contribution in [2.45, 2.75) is 57.2 Å². The van der Waals surface area contributed by atoms with E-state index in [4.69, 9.17) is 40.0 Å². The summed E-state index contributed by atoms with van der Waals surface area (Å²) < 4.78 is 17.6. The molecule has 352 valence electrons. The Morgan fingerprint density at radius 3 is 2.12 bits per heavy atom. The van der Waals surface area contributed by atoms with Gasteiger partial charge in [-0.1, -0.05) is 42.5 Å². The molecule has 2 heterocycles. The second-order valence-electron chi connectivity index (χ2n) is 14.5. The van der Waals surface area contributed by atoms with Crippen LogP contribution in [0.3, 0.4) is 0 Å². The van der Waals surface area contributed by atoms with Crippen LogP contribution in [0, 0.1) is 5.41 Å². The third kappa shape index (κ3) is 17.0. The Bertz CT molecular complexity index is 2240. The molecule has 0 radical (unpaired) electrons. The molecule has 1 aliphatic heterocycles. The number of benzene rings is 2. The maximum atomic E-state index is 13.4. The number of carboxylic acids is 3. The zero-order chi connectivity index (χ0) is 48.1. The molecule has 24 heteroatoms. The molecule has 0 saturated carbocycles. The largest absolute Gasteiger partial charge is 0.481 e. The molecule has 1 aromatic heterocycles. The summed E-state index contributed by atoms with van der Waals surface area (Å²) in [5.74, 6) is -8.66. The van der Waals surface area contributed by atoms with Gasteiger partial charge in [-0.15, -0.1) is 0 Å². The van der Waals surface area contributed by atoms with Gasteiger partial charge in [0.1, 0.15) is 31.2 Å². The van der Waals surface area contributed by atoms with Crippen molar-refractivity contribution in [3.8, 4) is 11.1 Å². The number of carbonyl (C=O) groups excluding carboxylic acids is 5. The summed E-state index contributed by atoms with van der Waals surface area (Å²) in [6, 6.07) is 11.2. The molecule has 1 saturated heterocycles. The molecule has 3 unspecified atom stereocenters. The Labute approximate surface area is 370 Å². The summed E-state index contributed by atoms with van der Waals surface area (Å²) in [5.41, 5.74) is 6.95. The average molecular weight is 914 g/mol. The van der Waals surface area contributed by atoms with E-state index in [1.54, 1.807) is 12.1 Å². The molecule has 4 rings (SSSR count). The maximum Gasteiger partial charge on any atom is 0.328 e. The first-order chi connectivity index (χ1) is 30.8. The number of rotatable bonds is 22. The molecular weight excluding hydrogens is 860 g/mol. The highest BCUT2D eigenvalue weighted by Gasteiger charge is 2.38. The van der Waals surface area contributed by atoms with Crippen molar-refractivity contribution >= 4 is 70.3 Å². The van der Waals surface area contributed by atoms with Gasteiger partial charge < -0.3 is 66.6 Å². The number of aliphatic hydroxyl groups is 1. The number of aliphatic carboxylic acids is 3. The topological polar surface area (TPSA) is 376 Å². The summed E-state index contributed by atoms with van der Waals surface area (Å²) in [7, 11) is 0. The van der Waals surface area contributed by atoms with Gasteiger partial charge in [-0.3, -0.25) is 43.8 Å². The number of morpholine rings is 1. The van der Waals surface area contributed by atoms with Crippen LogP contribution >= 0.6 is 0 Å². The fourth-order valence-electron chi connectivity index (χ4n) is 6.27. The van der Waals surface area contributed by atoms with Crippen LogP contribution in [0.5, 0.6) is 0 Å². The number of carboxylic acid groups (broad SMARTS) is 3. The summed E-state index contributed by atoms with van der Waals surface area (Å²) in [5, 5.41) is 53.8. The summed E-state index contributed by atoms with van der Waals surface area (Å²) in [4.78, 5) is 109. The number of nitrogens with zero attached hydrogens (tertiary/aromatic N) is 1. The summed E-state index contributed by atoms with van der Waals surface area (Å²) in [6.45, 7) is 0.353. The first-order valence-electron chi connectivity index (χ1n) is 20.1. The number of esters is 1. The number of ether oxygens (including phenoxy) is 2. The molecule has 24 nitrogen and oxygen atoms in total. The van der Waals surface area contributed by atoms with Gasteiger partial charge in [0.15, 0.2) is 17.0 Å². The van der Waals surface area contributed by atoms with E-state index in [1.807, 2.05) is 41.7 Å². The lowest BCUT2D eigenvalue weighted by molar-refractivity contribution is -0.151. The van der Waals surface area contributed by atoms with Crippen LogP contribution in [0.2, 0.25) is 0 Å². The van der Waals surface area contributed by atoms with E-state index in [-0.39, 0.29) is 61.1 Å². The SMILES string of the molecule is CC(=O)O.N=C(N)NCCCC(NC(=O)CCC(=O)OC[N+]1(c2cc(=O)c3cccc(-c4ccccc4)c3o2)CCOCC1)C(=O)NCC(=O)NC(CC(=O)O)C(=O)NC(CO)C(=O)O. The Morgan fingerprint density at radius 2 is 1.51 bits per heavy atom. The molecular formula is C41H53N8O16+. The van der Waals surface area contributed by atoms with E-state index in [0.29, 0.717) is 29.6 Å². The van der Waals surface area contributed by atoms with Crippen molar-refractivity contribution in [3.05, 3.63) is 64.8 Å². The molecule has 0 spiro atoms. The van der Waals surface area contributed by atoms with E-state index >= 15 is 0 Å². The standard InChI is InChI=1S/C39H48N8O14.C2H4O2/c40-39(41)42-13-5-10-26(36(55)43-20-31(51)45-27(18-33(52)53)37(56)46-28(21-48)38(57)58)44-30(50)11-12-34(54)60-22-47(14-16-59-17-15-47)32-19-29(49)25-9-4-8-24(35(25)61-32)23-6-2-1-3-7-23;1-2(3)4/h1-4,6-9,19,26-28,48H,5,10-18,20-22H2,(H9-,40,41,42,43,44,45,46,50,51,52,53,55,56,57,58);1H3,(H,3,4)/p+1. The van der Waals surface area contributed by atoms with Gasteiger partial charge in [-0.2, -0.15) is 0 Å². The molecule has 1 fully saturated rings. The van der Waals surface area contributed by atoms with Crippen molar-refractivity contribution in [1.29, 1.82) is 5.41 Å². The molecule has 4 amide bonds. The Hall–Kier alpha value is -7.44. The number of quaternary nitrogens is 1. The van der Waals surface area contributed by atoms with Crippen LogP contribution in [-0.4, -0.2) is 145 Å². The zero-order valence-corrected chi connectivity index (χ0v) is 35.3. The first-order valence-corrected chi connectivity index (χ1v) is 20.1. The third-order valence-electron chi connectivity index (χ3n) is 9.54. The zero-order valence-electron chi connectivity index (χ0n) is 35.3. The minimum atomic E-state index is -1.78. The Morgan fingerprint density at radius 1 is 0.846 bits per heavy atom. The number of amides is 4. The number of guanidine groups is 1. The number of hydrogen-bond acceptors (Lipinski definition) is 14. The van der Waals surface area contributed by atoms with E-state index in [2.05, 4.69) is 21.3 Å². The highest BCUT2D eigenvalue weighted by Crippen LogP contribution is 2.33. The highest BCUT2D eigenvalue weighted by molar-refractivity contribution is 5.95. The Kier molecular flexibility index (Phi) is 20.5. The molecule has 2 aromatic carbocycles. The first kappa shape index (κ1) is 51.9.